The van der Waals surface area contributed by atoms with Gasteiger partial charge >= 0.3 is 0 Å². The SMILES string of the molecule is OC(c1ccccc1)[C@H](O)[C@H](/C=C/c1ccccc1)OCc1ccccc1. The van der Waals surface area contributed by atoms with E-state index in [1.807, 2.05) is 84.9 Å². The van der Waals surface area contributed by atoms with Gasteiger partial charge in [-0.1, -0.05) is 103 Å². The molecule has 27 heavy (non-hydrogen) atoms. The van der Waals surface area contributed by atoms with Crippen LogP contribution in [0.3, 0.4) is 0 Å². The molecule has 3 heteroatoms. The summed E-state index contributed by atoms with van der Waals surface area (Å²) >= 11 is 0. The summed E-state index contributed by atoms with van der Waals surface area (Å²) in [4.78, 5) is 0. The van der Waals surface area contributed by atoms with Crippen LogP contribution in [0.1, 0.15) is 22.8 Å². The Morgan fingerprint density at radius 1 is 0.741 bits per heavy atom. The van der Waals surface area contributed by atoms with Crippen molar-refractivity contribution < 1.29 is 14.9 Å². The Balaban J connectivity index is 1.76. The summed E-state index contributed by atoms with van der Waals surface area (Å²) in [5.74, 6) is 0. The van der Waals surface area contributed by atoms with Crippen LogP contribution in [-0.2, 0) is 11.3 Å². The summed E-state index contributed by atoms with van der Waals surface area (Å²) in [5.41, 5.74) is 2.68. The predicted molar refractivity (Wildman–Crippen MR) is 108 cm³/mol. The number of benzene rings is 3. The van der Waals surface area contributed by atoms with Crippen molar-refractivity contribution in [2.45, 2.75) is 24.9 Å². The van der Waals surface area contributed by atoms with Gasteiger partial charge in [-0.25, -0.2) is 0 Å². The highest BCUT2D eigenvalue weighted by molar-refractivity contribution is 5.49. The average molecular weight is 360 g/mol. The van der Waals surface area contributed by atoms with Crippen molar-refractivity contribution in [3.63, 3.8) is 0 Å². The van der Waals surface area contributed by atoms with Gasteiger partial charge in [0.25, 0.3) is 0 Å². The first-order valence-electron chi connectivity index (χ1n) is 9.04. The van der Waals surface area contributed by atoms with E-state index in [9.17, 15) is 10.2 Å². The molecule has 0 heterocycles. The van der Waals surface area contributed by atoms with E-state index in [-0.39, 0.29) is 0 Å². The molecule has 1 unspecified atom stereocenters. The van der Waals surface area contributed by atoms with Crippen molar-refractivity contribution in [3.05, 3.63) is 114 Å². The third kappa shape index (κ3) is 5.63. The van der Waals surface area contributed by atoms with Gasteiger partial charge in [0, 0.05) is 0 Å². The molecule has 2 N–H and O–H groups in total. The number of hydrogen-bond donors (Lipinski definition) is 2. The van der Waals surface area contributed by atoms with Crippen LogP contribution in [0.25, 0.3) is 6.08 Å². The second kappa shape index (κ2) is 9.83. The quantitative estimate of drug-likeness (QED) is 0.627. The lowest BCUT2D eigenvalue weighted by atomic mass is 9.99. The van der Waals surface area contributed by atoms with E-state index in [1.165, 1.54) is 0 Å². The van der Waals surface area contributed by atoms with Gasteiger partial charge in [0.15, 0.2) is 0 Å². The Kier molecular flexibility index (Phi) is 6.94. The maximum Gasteiger partial charge on any atom is 0.114 e. The maximum absolute atomic E-state index is 10.8. The molecular formula is C24H24O3. The highest BCUT2D eigenvalue weighted by Crippen LogP contribution is 2.22. The molecule has 3 nitrogen and oxygen atoms in total. The number of ether oxygens (including phenoxy) is 1. The number of aliphatic hydroxyl groups is 2. The van der Waals surface area contributed by atoms with E-state index >= 15 is 0 Å². The minimum absolute atomic E-state index is 0.350. The maximum atomic E-state index is 10.8. The van der Waals surface area contributed by atoms with Gasteiger partial charge in [-0.3, -0.25) is 0 Å². The van der Waals surface area contributed by atoms with Crippen molar-refractivity contribution in [1.82, 2.24) is 0 Å². The summed E-state index contributed by atoms with van der Waals surface area (Å²) in [6.07, 6.45) is 0.926. The van der Waals surface area contributed by atoms with E-state index in [0.717, 1.165) is 11.1 Å². The zero-order chi connectivity index (χ0) is 18.9. The molecule has 0 saturated carbocycles. The van der Waals surface area contributed by atoms with Gasteiger partial charge < -0.3 is 14.9 Å². The second-order valence-electron chi connectivity index (χ2n) is 6.38. The van der Waals surface area contributed by atoms with Gasteiger partial charge in [0.1, 0.15) is 18.3 Å². The molecule has 0 spiro atoms. The van der Waals surface area contributed by atoms with E-state index in [2.05, 4.69) is 0 Å². The third-order valence-electron chi connectivity index (χ3n) is 4.36. The summed E-state index contributed by atoms with van der Waals surface area (Å²) in [6, 6.07) is 28.7. The van der Waals surface area contributed by atoms with Crippen LogP contribution in [0.15, 0.2) is 97.1 Å². The number of hydrogen-bond acceptors (Lipinski definition) is 3. The second-order valence-corrected chi connectivity index (χ2v) is 6.38. The predicted octanol–water partition coefficient (Wildman–Crippen LogP) is 4.38. The highest BCUT2D eigenvalue weighted by Gasteiger charge is 2.26. The summed E-state index contributed by atoms with van der Waals surface area (Å²) in [7, 11) is 0. The molecule has 0 fully saturated rings. The van der Waals surface area contributed by atoms with E-state index in [4.69, 9.17) is 4.74 Å². The minimum Gasteiger partial charge on any atom is -0.387 e. The summed E-state index contributed by atoms with van der Waals surface area (Å²) in [6.45, 7) is 0.350. The zero-order valence-electron chi connectivity index (χ0n) is 15.1. The molecule has 0 aliphatic rings. The molecule has 3 rings (SSSR count). The largest absolute Gasteiger partial charge is 0.387 e. The van der Waals surface area contributed by atoms with Crippen molar-refractivity contribution >= 4 is 6.08 Å². The highest BCUT2D eigenvalue weighted by atomic mass is 16.5. The third-order valence-corrected chi connectivity index (χ3v) is 4.36. The Bertz CT molecular complexity index is 816. The van der Waals surface area contributed by atoms with Crippen molar-refractivity contribution in [2.75, 3.05) is 0 Å². The fraction of sp³-hybridized carbons (Fsp3) is 0.167. The number of rotatable bonds is 8. The van der Waals surface area contributed by atoms with E-state index in [0.29, 0.717) is 12.2 Å². The zero-order valence-corrected chi connectivity index (χ0v) is 15.1. The normalized spacial score (nSPS) is 14.7. The molecule has 0 aliphatic heterocycles. The fourth-order valence-corrected chi connectivity index (χ4v) is 2.83. The molecule has 3 atom stereocenters. The topological polar surface area (TPSA) is 49.7 Å². The molecule has 0 aromatic heterocycles. The Morgan fingerprint density at radius 3 is 1.93 bits per heavy atom. The number of aliphatic hydroxyl groups excluding tert-OH is 2. The molecule has 138 valence electrons. The van der Waals surface area contributed by atoms with E-state index < -0.39 is 18.3 Å². The van der Waals surface area contributed by atoms with E-state index in [1.54, 1.807) is 18.2 Å². The smallest absolute Gasteiger partial charge is 0.114 e. The lowest BCUT2D eigenvalue weighted by molar-refractivity contribution is -0.0763. The molecule has 0 bridgehead atoms. The Labute approximate surface area is 160 Å². The van der Waals surface area contributed by atoms with Gasteiger partial charge in [-0.05, 0) is 16.7 Å². The van der Waals surface area contributed by atoms with Crippen LogP contribution in [-0.4, -0.2) is 22.4 Å². The van der Waals surface area contributed by atoms with Crippen LogP contribution in [0.5, 0.6) is 0 Å². The first-order valence-corrected chi connectivity index (χ1v) is 9.04. The summed E-state index contributed by atoms with van der Waals surface area (Å²) in [5, 5.41) is 21.4. The molecular weight excluding hydrogens is 336 g/mol. The Morgan fingerprint density at radius 2 is 1.30 bits per heavy atom. The Hall–Kier alpha value is -2.72. The minimum atomic E-state index is -1.09. The lowest BCUT2D eigenvalue weighted by Crippen LogP contribution is -2.33. The van der Waals surface area contributed by atoms with Crippen molar-refractivity contribution in [1.29, 1.82) is 0 Å². The lowest BCUT2D eigenvalue weighted by Gasteiger charge is -2.25. The monoisotopic (exact) mass is 360 g/mol. The first-order chi connectivity index (χ1) is 13.2. The fourth-order valence-electron chi connectivity index (χ4n) is 2.83. The van der Waals surface area contributed by atoms with Crippen molar-refractivity contribution in [2.24, 2.45) is 0 Å². The molecule has 0 radical (unpaired) electrons. The molecule has 0 amide bonds. The van der Waals surface area contributed by atoms with Gasteiger partial charge in [-0.15, -0.1) is 0 Å². The first kappa shape index (κ1) is 19.1. The van der Waals surface area contributed by atoms with Crippen LogP contribution >= 0.6 is 0 Å². The molecule has 3 aromatic carbocycles. The van der Waals surface area contributed by atoms with Crippen LogP contribution in [0.2, 0.25) is 0 Å². The van der Waals surface area contributed by atoms with Gasteiger partial charge in [0.2, 0.25) is 0 Å². The molecule has 3 aromatic rings. The molecule has 0 aliphatic carbocycles. The van der Waals surface area contributed by atoms with Gasteiger partial charge in [0.05, 0.1) is 6.61 Å². The summed E-state index contributed by atoms with van der Waals surface area (Å²) < 4.78 is 5.96. The van der Waals surface area contributed by atoms with Gasteiger partial charge in [-0.2, -0.15) is 0 Å². The standard InChI is InChI=1S/C24H24O3/c25-23(21-14-8-3-9-15-21)24(26)22(17-16-19-10-4-1-5-11-19)27-18-20-12-6-2-7-13-20/h1-17,22-26H,18H2/b17-16+/t22-,23?,24+/m0/s1. The average Bonchev–Trinajstić information content (AvgIpc) is 2.75. The van der Waals surface area contributed by atoms with Crippen molar-refractivity contribution in [3.8, 4) is 0 Å². The van der Waals surface area contributed by atoms with Crippen LogP contribution in [0.4, 0.5) is 0 Å². The molecule has 0 saturated heterocycles. The van der Waals surface area contributed by atoms with Crippen LogP contribution < -0.4 is 0 Å². The van der Waals surface area contributed by atoms with Crippen LogP contribution in [0, 0.1) is 0 Å².